The predicted octanol–water partition coefficient (Wildman–Crippen LogP) is 3.45. The van der Waals surface area contributed by atoms with E-state index < -0.39 is 0 Å². The summed E-state index contributed by atoms with van der Waals surface area (Å²) in [6.07, 6.45) is 2.56. The summed E-state index contributed by atoms with van der Waals surface area (Å²) >= 11 is 0. The van der Waals surface area contributed by atoms with Gasteiger partial charge < -0.3 is 5.32 Å². The molecular weight excluding hydrogens is 158 g/mol. The summed E-state index contributed by atoms with van der Waals surface area (Å²) in [6, 6.07) is 0.676. The van der Waals surface area contributed by atoms with Crippen molar-refractivity contribution >= 4 is 0 Å². The minimum absolute atomic E-state index is 0.429. The van der Waals surface area contributed by atoms with E-state index in [0.717, 1.165) is 12.5 Å². The molecule has 0 aliphatic rings. The summed E-state index contributed by atoms with van der Waals surface area (Å²) < 4.78 is 0. The maximum atomic E-state index is 3.59. The Morgan fingerprint density at radius 2 is 1.69 bits per heavy atom. The van der Waals surface area contributed by atoms with Crippen LogP contribution in [0, 0.1) is 11.3 Å². The summed E-state index contributed by atoms with van der Waals surface area (Å²) in [6.45, 7) is 14.9. The molecule has 0 radical (unpaired) electrons. The van der Waals surface area contributed by atoms with Crippen LogP contribution in [-0.4, -0.2) is 12.6 Å². The molecule has 1 nitrogen and oxygen atoms in total. The summed E-state index contributed by atoms with van der Waals surface area (Å²) in [5.74, 6) is 0.742. The third-order valence-electron chi connectivity index (χ3n) is 2.97. The largest absolute Gasteiger partial charge is 0.314 e. The Morgan fingerprint density at radius 1 is 1.15 bits per heavy atom. The third kappa shape index (κ3) is 6.09. The Morgan fingerprint density at radius 3 is 2.08 bits per heavy atom. The van der Waals surface area contributed by atoms with Gasteiger partial charge in [0, 0.05) is 6.04 Å². The van der Waals surface area contributed by atoms with E-state index in [0.29, 0.717) is 11.5 Å². The molecule has 80 valence electrons. The molecule has 0 aromatic rings. The maximum Gasteiger partial charge on any atom is 0.00387 e. The fraction of sp³-hybridized carbons (Fsp3) is 1.00. The van der Waals surface area contributed by atoms with Gasteiger partial charge in [0.05, 0.1) is 0 Å². The first-order valence-electron chi connectivity index (χ1n) is 5.61. The smallest absolute Gasteiger partial charge is 0.00387 e. The molecule has 2 atom stereocenters. The molecule has 2 unspecified atom stereocenters. The summed E-state index contributed by atoms with van der Waals surface area (Å²) in [7, 11) is 0. The van der Waals surface area contributed by atoms with Gasteiger partial charge in [0.25, 0.3) is 0 Å². The van der Waals surface area contributed by atoms with E-state index in [1.165, 1.54) is 12.8 Å². The van der Waals surface area contributed by atoms with E-state index in [-0.39, 0.29) is 0 Å². The second-order valence-electron chi connectivity index (χ2n) is 5.37. The molecule has 0 rings (SSSR count). The van der Waals surface area contributed by atoms with Gasteiger partial charge in [-0.25, -0.2) is 0 Å². The maximum absolute atomic E-state index is 3.59. The molecule has 0 aliphatic carbocycles. The van der Waals surface area contributed by atoms with Crippen molar-refractivity contribution in [1.29, 1.82) is 0 Å². The molecule has 0 heterocycles. The molecule has 0 saturated heterocycles. The van der Waals surface area contributed by atoms with Gasteiger partial charge >= 0.3 is 0 Å². The zero-order valence-electron chi connectivity index (χ0n) is 10.3. The van der Waals surface area contributed by atoms with E-state index in [2.05, 4.69) is 46.9 Å². The first-order valence-corrected chi connectivity index (χ1v) is 5.61. The molecule has 0 fully saturated rings. The van der Waals surface area contributed by atoms with Gasteiger partial charge in [-0.15, -0.1) is 0 Å². The molecule has 13 heavy (non-hydrogen) atoms. The highest BCUT2D eigenvalue weighted by molar-refractivity contribution is 4.73. The number of rotatable bonds is 5. The average Bonchev–Trinajstić information content (AvgIpc) is 1.99. The second-order valence-corrected chi connectivity index (χ2v) is 5.37. The first-order chi connectivity index (χ1) is 5.88. The first kappa shape index (κ1) is 13.0. The van der Waals surface area contributed by atoms with Crippen LogP contribution < -0.4 is 5.32 Å². The Balaban J connectivity index is 3.63. The zero-order valence-corrected chi connectivity index (χ0v) is 10.3. The van der Waals surface area contributed by atoms with Crippen LogP contribution >= 0.6 is 0 Å². The predicted molar refractivity (Wildman–Crippen MR) is 61.0 cm³/mol. The van der Waals surface area contributed by atoms with Crippen molar-refractivity contribution in [3.63, 3.8) is 0 Å². The monoisotopic (exact) mass is 185 g/mol. The molecule has 0 aromatic carbocycles. The highest BCUT2D eigenvalue weighted by Gasteiger charge is 2.19. The van der Waals surface area contributed by atoms with E-state index >= 15 is 0 Å². The molecule has 0 bridgehead atoms. The van der Waals surface area contributed by atoms with Crippen LogP contribution in [0.15, 0.2) is 0 Å². The summed E-state index contributed by atoms with van der Waals surface area (Å²) in [5.41, 5.74) is 0.429. The van der Waals surface area contributed by atoms with Crippen LogP contribution in [0.3, 0.4) is 0 Å². The minimum atomic E-state index is 0.429. The summed E-state index contributed by atoms with van der Waals surface area (Å²) in [4.78, 5) is 0. The Bertz CT molecular complexity index is 124. The number of nitrogens with one attached hydrogen (secondary N) is 1. The van der Waals surface area contributed by atoms with Gasteiger partial charge in [-0.2, -0.15) is 0 Å². The third-order valence-corrected chi connectivity index (χ3v) is 2.97. The Labute approximate surface area is 84.3 Å². The normalized spacial score (nSPS) is 17.1. The molecule has 1 heteroatoms. The number of hydrogen-bond donors (Lipinski definition) is 1. The molecule has 0 spiro atoms. The van der Waals surface area contributed by atoms with E-state index in [9.17, 15) is 0 Å². The molecule has 0 aromatic heterocycles. The van der Waals surface area contributed by atoms with E-state index in [1.54, 1.807) is 0 Å². The Hall–Kier alpha value is -0.0400. The lowest BCUT2D eigenvalue weighted by Crippen LogP contribution is -2.34. The van der Waals surface area contributed by atoms with Crippen LogP contribution in [0.1, 0.15) is 54.4 Å². The van der Waals surface area contributed by atoms with E-state index in [4.69, 9.17) is 0 Å². The lowest BCUT2D eigenvalue weighted by Gasteiger charge is -2.28. The fourth-order valence-corrected chi connectivity index (χ4v) is 1.22. The Kier molecular flexibility index (Phi) is 5.62. The fourth-order valence-electron chi connectivity index (χ4n) is 1.22. The van der Waals surface area contributed by atoms with Crippen molar-refractivity contribution in [2.75, 3.05) is 6.54 Å². The van der Waals surface area contributed by atoms with Gasteiger partial charge in [0.1, 0.15) is 0 Å². The molecular formula is C12H27N. The minimum Gasteiger partial charge on any atom is -0.314 e. The van der Waals surface area contributed by atoms with Gasteiger partial charge in [-0.1, -0.05) is 41.0 Å². The van der Waals surface area contributed by atoms with Gasteiger partial charge in [-0.3, -0.25) is 0 Å². The highest BCUT2D eigenvalue weighted by Crippen LogP contribution is 2.24. The van der Waals surface area contributed by atoms with Crippen LogP contribution in [-0.2, 0) is 0 Å². The number of hydrogen-bond acceptors (Lipinski definition) is 1. The van der Waals surface area contributed by atoms with Crippen LogP contribution in [0.2, 0.25) is 0 Å². The second kappa shape index (κ2) is 5.64. The molecule has 0 amide bonds. The van der Waals surface area contributed by atoms with Crippen molar-refractivity contribution in [1.82, 2.24) is 5.32 Å². The highest BCUT2D eigenvalue weighted by atomic mass is 14.9. The molecule has 1 N–H and O–H groups in total. The van der Waals surface area contributed by atoms with E-state index in [1.807, 2.05) is 0 Å². The SMILES string of the molecule is CCCC(C)NCC(C)C(C)(C)C. The summed E-state index contributed by atoms with van der Waals surface area (Å²) in [5, 5.41) is 3.59. The van der Waals surface area contributed by atoms with Crippen LogP contribution in [0.5, 0.6) is 0 Å². The van der Waals surface area contributed by atoms with Gasteiger partial charge in [0.15, 0.2) is 0 Å². The molecule has 0 saturated carbocycles. The van der Waals surface area contributed by atoms with Gasteiger partial charge in [0.2, 0.25) is 0 Å². The quantitative estimate of drug-likeness (QED) is 0.692. The standard InChI is InChI=1S/C12H27N/c1-7-8-11(3)13-9-10(2)12(4,5)6/h10-11,13H,7-9H2,1-6H3. The van der Waals surface area contributed by atoms with Crippen molar-refractivity contribution in [3.05, 3.63) is 0 Å². The van der Waals surface area contributed by atoms with Crippen LogP contribution in [0.4, 0.5) is 0 Å². The topological polar surface area (TPSA) is 12.0 Å². The lowest BCUT2D eigenvalue weighted by atomic mass is 9.82. The molecule has 0 aliphatic heterocycles. The van der Waals surface area contributed by atoms with Crippen molar-refractivity contribution < 1.29 is 0 Å². The average molecular weight is 185 g/mol. The van der Waals surface area contributed by atoms with Gasteiger partial charge in [-0.05, 0) is 31.2 Å². The van der Waals surface area contributed by atoms with Crippen molar-refractivity contribution in [2.45, 2.75) is 60.4 Å². The van der Waals surface area contributed by atoms with Crippen molar-refractivity contribution in [2.24, 2.45) is 11.3 Å². The van der Waals surface area contributed by atoms with Crippen molar-refractivity contribution in [3.8, 4) is 0 Å². The van der Waals surface area contributed by atoms with Crippen LogP contribution in [0.25, 0.3) is 0 Å². The zero-order chi connectivity index (χ0) is 10.5. The lowest BCUT2D eigenvalue weighted by molar-refractivity contribution is 0.245.